The summed E-state index contributed by atoms with van der Waals surface area (Å²) in [6, 6.07) is 0. The van der Waals surface area contributed by atoms with Crippen LogP contribution in [0, 0.1) is 0 Å². The third kappa shape index (κ3) is 48.6. The molecular weight excluding hydrogens is 372 g/mol. The van der Waals surface area contributed by atoms with E-state index < -0.39 is 0 Å². The van der Waals surface area contributed by atoms with E-state index in [4.69, 9.17) is 0 Å². The molecule has 0 aliphatic heterocycles. The minimum absolute atomic E-state index is 1.37. The Kier molecular flexibility index (Phi) is 46.3. The standard InChI is InChI=1S/C12H26.C10H22.C9H20/c1-3-5-7-9-11-12-10-8-6-4-2;1-3-5-7-9-10-8-6-4-2;1-3-5-7-9-8-6-4-2/h3-12H2,1-2H3;3-10H2,1-2H3;3-9H2,1-2H3. The molecule has 0 bridgehead atoms. The second kappa shape index (κ2) is 40.4. The minimum atomic E-state index is 1.37. The van der Waals surface area contributed by atoms with Gasteiger partial charge in [0.25, 0.3) is 0 Å². The van der Waals surface area contributed by atoms with Crippen molar-refractivity contribution in [1.82, 2.24) is 0 Å². The maximum Gasteiger partial charge on any atom is -0.0533 e. The van der Waals surface area contributed by atoms with Crippen LogP contribution in [0.2, 0.25) is 0 Å². The molecule has 0 saturated carbocycles. The summed E-state index contributed by atoms with van der Waals surface area (Å²) >= 11 is 0. The van der Waals surface area contributed by atoms with Gasteiger partial charge in [0.2, 0.25) is 0 Å². The number of hydrogen-bond donors (Lipinski definition) is 0. The summed E-state index contributed by atoms with van der Waals surface area (Å²) in [7, 11) is 0. The van der Waals surface area contributed by atoms with Crippen LogP contribution in [0.3, 0.4) is 0 Å². The Bertz CT molecular complexity index is 208. The highest BCUT2D eigenvalue weighted by molar-refractivity contribution is 4.46. The molecule has 0 N–H and O–H groups in total. The molecule has 0 heterocycles. The van der Waals surface area contributed by atoms with E-state index in [-0.39, 0.29) is 0 Å². The van der Waals surface area contributed by atoms with Gasteiger partial charge >= 0.3 is 0 Å². The lowest BCUT2D eigenvalue weighted by Crippen LogP contribution is -1.80. The molecule has 0 heteroatoms. The summed E-state index contributed by atoms with van der Waals surface area (Å²) < 4.78 is 0. The zero-order chi connectivity index (χ0) is 23.7. The summed E-state index contributed by atoms with van der Waals surface area (Å²) in [5.74, 6) is 0. The molecule has 0 aromatic carbocycles. The topological polar surface area (TPSA) is 0 Å². The molecule has 0 aliphatic carbocycles. The Morgan fingerprint density at radius 3 is 0.355 bits per heavy atom. The van der Waals surface area contributed by atoms with Crippen LogP contribution in [0.25, 0.3) is 0 Å². The average Bonchev–Trinajstić information content (AvgIpc) is 2.79. The minimum Gasteiger partial charge on any atom is -0.0654 e. The van der Waals surface area contributed by atoms with Crippen molar-refractivity contribution in [3.05, 3.63) is 0 Å². The van der Waals surface area contributed by atoms with Crippen molar-refractivity contribution in [1.29, 1.82) is 0 Å². The van der Waals surface area contributed by atoms with Gasteiger partial charge in [-0.3, -0.25) is 0 Å². The quantitative estimate of drug-likeness (QED) is 0.147. The lowest BCUT2D eigenvalue weighted by Gasteiger charge is -1.99. The lowest BCUT2D eigenvalue weighted by molar-refractivity contribution is 0.562. The van der Waals surface area contributed by atoms with E-state index in [1.807, 2.05) is 0 Å². The summed E-state index contributed by atoms with van der Waals surface area (Å²) in [5.41, 5.74) is 0. The summed E-state index contributed by atoms with van der Waals surface area (Å²) in [5, 5.41) is 0. The van der Waals surface area contributed by atoms with E-state index in [1.54, 1.807) is 0 Å². The first-order chi connectivity index (χ1) is 15.2. The summed E-state index contributed by atoms with van der Waals surface area (Å²) in [4.78, 5) is 0. The third-order valence-electron chi connectivity index (χ3n) is 6.12. The molecule has 0 amide bonds. The van der Waals surface area contributed by atoms with Gasteiger partial charge in [-0.2, -0.15) is 0 Å². The Hall–Kier alpha value is 0. The number of rotatable bonds is 22. The fourth-order valence-corrected chi connectivity index (χ4v) is 3.80. The van der Waals surface area contributed by atoms with Crippen LogP contribution >= 0.6 is 0 Å². The van der Waals surface area contributed by atoms with Crippen LogP contribution in [0.5, 0.6) is 0 Å². The van der Waals surface area contributed by atoms with Gasteiger partial charge in [-0.05, 0) is 0 Å². The fourth-order valence-electron chi connectivity index (χ4n) is 3.80. The SMILES string of the molecule is CCCCCCCCC.CCCCCCCCCC.CCCCCCCCCCCC. The van der Waals surface area contributed by atoms with Crippen LogP contribution in [-0.4, -0.2) is 0 Å². The highest BCUT2D eigenvalue weighted by atomic mass is 14.0. The van der Waals surface area contributed by atoms with Gasteiger partial charge in [-0.1, -0.05) is 202 Å². The van der Waals surface area contributed by atoms with Crippen LogP contribution < -0.4 is 0 Å². The Balaban J connectivity index is -0.000000384. The molecule has 0 aromatic heterocycles. The van der Waals surface area contributed by atoms with Gasteiger partial charge < -0.3 is 0 Å². The average molecular weight is 441 g/mol. The predicted octanol–water partition coefficient (Wildman–Crippen LogP) is 12.8. The second-order valence-electron chi connectivity index (χ2n) is 9.72. The van der Waals surface area contributed by atoms with Crippen molar-refractivity contribution in [3.8, 4) is 0 Å². The summed E-state index contributed by atoms with van der Waals surface area (Å²) in [6.07, 6.45) is 35.9. The molecule has 31 heavy (non-hydrogen) atoms. The van der Waals surface area contributed by atoms with E-state index in [0.717, 1.165) is 0 Å². The van der Waals surface area contributed by atoms with Gasteiger partial charge in [-0.15, -0.1) is 0 Å². The largest absolute Gasteiger partial charge is 0.0654 e. The van der Waals surface area contributed by atoms with Crippen molar-refractivity contribution >= 4 is 0 Å². The first kappa shape index (κ1) is 35.6. The highest BCUT2D eigenvalue weighted by Crippen LogP contribution is 2.10. The molecule has 0 saturated heterocycles. The van der Waals surface area contributed by atoms with E-state index in [1.165, 1.54) is 161 Å². The molecule has 0 fully saturated rings. The maximum atomic E-state index is 2.28. The van der Waals surface area contributed by atoms with Gasteiger partial charge in [-0.25, -0.2) is 0 Å². The summed E-state index contributed by atoms with van der Waals surface area (Å²) in [6.45, 7) is 13.6. The first-order valence-electron chi connectivity index (χ1n) is 15.2. The van der Waals surface area contributed by atoms with Gasteiger partial charge in [0.1, 0.15) is 0 Å². The molecular formula is C31H68. The Labute approximate surface area is 202 Å². The molecule has 0 aromatic rings. The number of hydrogen-bond acceptors (Lipinski definition) is 0. The zero-order valence-electron chi connectivity index (χ0n) is 23.7. The second-order valence-corrected chi connectivity index (χ2v) is 9.72. The zero-order valence-corrected chi connectivity index (χ0v) is 23.7. The molecule has 0 radical (unpaired) electrons. The predicted molar refractivity (Wildman–Crippen MR) is 149 cm³/mol. The molecule has 192 valence electrons. The van der Waals surface area contributed by atoms with Gasteiger partial charge in [0.15, 0.2) is 0 Å². The first-order valence-corrected chi connectivity index (χ1v) is 15.2. The third-order valence-corrected chi connectivity index (χ3v) is 6.12. The molecule has 0 atom stereocenters. The van der Waals surface area contributed by atoms with Gasteiger partial charge in [0.05, 0.1) is 0 Å². The molecule has 0 spiro atoms. The Morgan fingerprint density at radius 1 is 0.161 bits per heavy atom. The van der Waals surface area contributed by atoms with Crippen molar-refractivity contribution in [3.63, 3.8) is 0 Å². The monoisotopic (exact) mass is 441 g/mol. The smallest absolute Gasteiger partial charge is 0.0533 e. The lowest BCUT2D eigenvalue weighted by atomic mass is 10.1. The van der Waals surface area contributed by atoms with E-state index in [0.29, 0.717) is 0 Å². The van der Waals surface area contributed by atoms with Crippen LogP contribution in [0.4, 0.5) is 0 Å². The normalized spacial score (nSPS) is 10.3. The molecule has 0 nitrogen and oxygen atoms in total. The van der Waals surface area contributed by atoms with Crippen LogP contribution in [-0.2, 0) is 0 Å². The Morgan fingerprint density at radius 2 is 0.258 bits per heavy atom. The highest BCUT2D eigenvalue weighted by Gasteiger charge is 1.90. The van der Waals surface area contributed by atoms with Gasteiger partial charge in [0, 0.05) is 0 Å². The van der Waals surface area contributed by atoms with E-state index in [2.05, 4.69) is 41.5 Å². The van der Waals surface area contributed by atoms with Crippen LogP contribution in [0.1, 0.15) is 202 Å². The number of unbranched alkanes of at least 4 members (excludes halogenated alkanes) is 22. The molecule has 0 rings (SSSR count). The van der Waals surface area contributed by atoms with Crippen molar-refractivity contribution in [2.75, 3.05) is 0 Å². The molecule has 0 unspecified atom stereocenters. The molecule has 0 aliphatic rings. The fraction of sp³-hybridized carbons (Fsp3) is 1.00. The van der Waals surface area contributed by atoms with E-state index >= 15 is 0 Å². The van der Waals surface area contributed by atoms with Crippen molar-refractivity contribution in [2.45, 2.75) is 202 Å². The maximum absolute atomic E-state index is 2.28. The van der Waals surface area contributed by atoms with Crippen molar-refractivity contribution in [2.24, 2.45) is 0 Å². The van der Waals surface area contributed by atoms with Crippen molar-refractivity contribution < 1.29 is 0 Å². The van der Waals surface area contributed by atoms with E-state index in [9.17, 15) is 0 Å². The van der Waals surface area contributed by atoms with Crippen LogP contribution in [0.15, 0.2) is 0 Å².